The zero-order valence-electron chi connectivity index (χ0n) is 21.3. The van der Waals surface area contributed by atoms with Gasteiger partial charge in [0.05, 0.1) is 18.4 Å². The Bertz CT molecular complexity index is 1290. The summed E-state index contributed by atoms with van der Waals surface area (Å²) in [5.74, 6) is 5.65. The van der Waals surface area contributed by atoms with Crippen molar-refractivity contribution in [3.8, 4) is 17.5 Å². The van der Waals surface area contributed by atoms with Crippen molar-refractivity contribution in [2.24, 2.45) is 5.92 Å². The Morgan fingerprint density at radius 1 is 1.00 bits per heavy atom. The van der Waals surface area contributed by atoms with Gasteiger partial charge in [-0.2, -0.15) is 5.10 Å². The highest BCUT2D eigenvalue weighted by Crippen LogP contribution is 2.37. The van der Waals surface area contributed by atoms with E-state index in [2.05, 4.69) is 45.5 Å². The van der Waals surface area contributed by atoms with Crippen LogP contribution in [0.25, 0.3) is 5.69 Å². The number of carbonyl (C=O) groups excluding carboxylic acids is 2. The third-order valence-corrected chi connectivity index (χ3v) is 7.61. The van der Waals surface area contributed by atoms with E-state index in [0.29, 0.717) is 6.42 Å². The van der Waals surface area contributed by atoms with Crippen LogP contribution in [0.3, 0.4) is 0 Å². The largest absolute Gasteiger partial charge is 0.325 e. The van der Waals surface area contributed by atoms with Crippen molar-refractivity contribution in [2.45, 2.75) is 44.7 Å². The maximum Gasteiger partial charge on any atom is 0.325 e. The van der Waals surface area contributed by atoms with Crippen LogP contribution in [0, 0.1) is 17.8 Å². The van der Waals surface area contributed by atoms with Crippen molar-refractivity contribution in [3.63, 3.8) is 0 Å². The SMILES string of the molecule is CC#CCN1C(=O)NC(CCc2ccccc2)(C2CCN(Cc3cnn(-c4ccccc4)c3)CC2)C1=O. The molecule has 7 nitrogen and oxygen atoms in total. The van der Waals surface area contributed by atoms with E-state index in [4.69, 9.17) is 0 Å². The molecule has 2 aromatic carbocycles. The highest BCUT2D eigenvalue weighted by Gasteiger charge is 2.55. The molecule has 1 aromatic heterocycles. The van der Waals surface area contributed by atoms with Gasteiger partial charge in [0.2, 0.25) is 0 Å². The van der Waals surface area contributed by atoms with Gasteiger partial charge in [-0.1, -0.05) is 54.5 Å². The molecule has 2 aliphatic heterocycles. The van der Waals surface area contributed by atoms with Gasteiger partial charge in [-0.3, -0.25) is 14.6 Å². The number of rotatable bonds is 8. The summed E-state index contributed by atoms with van der Waals surface area (Å²) in [6.45, 7) is 4.41. The number of urea groups is 1. The fourth-order valence-corrected chi connectivity index (χ4v) is 5.59. The van der Waals surface area contributed by atoms with Crippen LogP contribution in [-0.4, -0.2) is 56.7 Å². The van der Waals surface area contributed by atoms with Gasteiger partial charge in [0.25, 0.3) is 5.91 Å². The van der Waals surface area contributed by atoms with Gasteiger partial charge in [-0.15, -0.1) is 5.92 Å². The maximum absolute atomic E-state index is 13.7. The van der Waals surface area contributed by atoms with E-state index in [0.717, 1.165) is 50.1 Å². The van der Waals surface area contributed by atoms with Gasteiger partial charge < -0.3 is 5.32 Å². The number of likely N-dealkylation sites (tertiary alicyclic amines) is 1. The molecule has 3 heterocycles. The second-order valence-electron chi connectivity index (χ2n) is 9.88. The molecule has 0 radical (unpaired) electrons. The number of amides is 3. The lowest BCUT2D eigenvalue weighted by atomic mass is 9.74. The summed E-state index contributed by atoms with van der Waals surface area (Å²) < 4.78 is 1.90. The molecular formula is C30H33N5O2. The molecule has 1 unspecified atom stereocenters. The molecule has 2 saturated heterocycles. The van der Waals surface area contributed by atoms with Crippen molar-refractivity contribution in [2.75, 3.05) is 19.6 Å². The normalized spacial score (nSPS) is 20.5. The molecule has 1 N–H and O–H groups in total. The van der Waals surface area contributed by atoms with Crippen molar-refractivity contribution in [1.82, 2.24) is 24.9 Å². The minimum atomic E-state index is -0.882. The number of hydrogen-bond donors (Lipinski definition) is 1. The molecule has 1 atom stereocenters. The van der Waals surface area contributed by atoms with E-state index in [1.807, 2.05) is 59.4 Å². The monoisotopic (exact) mass is 495 g/mol. The molecule has 3 amide bonds. The average molecular weight is 496 g/mol. The molecule has 3 aromatic rings. The van der Waals surface area contributed by atoms with Crippen LogP contribution in [0.2, 0.25) is 0 Å². The van der Waals surface area contributed by atoms with Crippen LogP contribution in [-0.2, 0) is 17.8 Å². The number of para-hydroxylation sites is 1. The van der Waals surface area contributed by atoms with E-state index in [9.17, 15) is 9.59 Å². The lowest BCUT2D eigenvalue weighted by Gasteiger charge is -2.41. The molecule has 7 heteroatoms. The lowest BCUT2D eigenvalue weighted by molar-refractivity contribution is -0.134. The first-order valence-corrected chi connectivity index (χ1v) is 13.0. The number of carbonyl (C=O) groups is 2. The van der Waals surface area contributed by atoms with Crippen molar-refractivity contribution < 1.29 is 9.59 Å². The highest BCUT2D eigenvalue weighted by molar-refractivity contribution is 6.07. The van der Waals surface area contributed by atoms with Gasteiger partial charge in [0, 0.05) is 18.3 Å². The second-order valence-corrected chi connectivity index (χ2v) is 9.88. The summed E-state index contributed by atoms with van der Waals surface area (Å²) >= 11 is 0. The molecular weight excluding hydrogens is 462 g/mol. The van der Waals surface area contributed by atoms with Crippen molar-refractivity contribution in [3.05, 3.63) is 84.2 Å². The van der Waals surface area contributed by atoms with Crippen LogP contribution in [0.1, 0.15) is 37.3 Å². The maximum atomic E-state index is 13.7. The third kappa shape index (κ3) is 5.30. The number of nitrogens with zero attached hydrogens (tertiary/aromatic N) is 4. The Morgan fingerprint density at radius 2 is 1.70 bits per heavy atom. The number of aromatic nitrogens is 2. The van der Waals surface area contributed by atoms with Crippen molar-refractivity contribution in [1.29, 1.82) is 0 Å². The number of nitrogens with one attached hydrogen (secondary N) is 1. The number of benzene rings is 2. The van der Waals surface area contributed by atoms with Crippen molar-refractivity contribution >= 4 is 11.9 Å². The standard InChI is InChI=1S/C30H33N5O2/c1-2-3-18-34-28(36)30(32-29(34)37,17-14-24-10-6-4-7-11-24)26-15-19-33(20-16-26)22-25-21-31-35(23-25)27-12-8-5-9-13-27/h4-13,21,23,26H,14-20,22H2,1H3,(H,32,37). The summed E-state index contributed by atoms with van der Waals surface area (Å²) in [4.78, 5) is 30.3. The predicted molar refractivity (Wildman–Crippen MR) is 143 cm³/mol. The summed E-state index contributed by atoms with van der Waals surface area (Å²) in [6, 6.07) is 19.9. The van der Waals surface area contributed by atoms with E-state index in [1.54, 1.807) is 6.92 Å². The van der Waals surface area contributed by atoms with Crippen LogP contribution in [0.15, 0.2) is 73.1 Å². The number of aryl methyl sites for hydroxylation is 1. The Balaban J connectivity index is 1.27. The number of imide groups is 1. The van der Waals surface area contributed by atoms with Crippen LogP contribution in [0.5, 0.6) is 0 Å². The Hall–Kier alpha value is -3.89. The minimum absolute atomic E-state index is 0.0792. The Morgan fingerprint density at radius 3 is 2.41 bits per heavy atom. The van der Waals surface area contributed by atoms with Gasteiger partial charge in [-0.25, -0.2) is 9.48 Å². The summed E-state index contributed by atoms with van der Waals surface area (Å²) in [7, 11) is 0. The van der Waals surface area contributed by atoms with Gasteiger partial charge in [0.1, 0.15) is 5.54 Å². The smallest absolute Gasteiger partial charge is 0.323 e. The second kappa shape index (κ2) is 11.0. The van der Waals surface area contributed by atoms with E-state index >= 15 is 0 Å². The molecule has 0 saturated carbocycles. The van der Waals surface area contributed by atoms with Crippen LogP contribution in [0.4, 0.5) is 4.79 Å². The zero-order valence-corrected chi connectivity index (χ0v) is 21.3. The van der Waals surface area contributed by atoms with Gasteiger partial charge >= 0.3 is 6.03 Å². The Kier molecular flexibility index (Phi) is 7.38. The summed E-state index contributed by atoms with van der Waals surface area (Å²) in [6.07, 6.45) is 7.02. The molecule has 37 heavy (non-hydrogen) atoms. The zero-order chi connectivity index (χ0) is 25.7. The molecule has 0 bridgehead atoms. The molecule has 190 valence electrons. The number of hydrogen-bond acceptors (Lipinski definition) is 4. The van der Waals surface area contributed by atoms with Gasteiger partial charge in [-0.05, 0) is 69.3 Å². The van der Waals surface area contributed by atoms with E-state index in [1.165, 1.54) is 10.5 Å². The van der Waals surface area contributed by atoms with E-state index in [-0.39, 0.29) is 24.4 Å². The first-order chi connectivity index (χ1) is 18.1. The molecule has 0 spiro atoms. The lowest BCUT2D eigenvalue weighted by Crippen LogP contribution is -2.56. The average Bonchev–Trinajstić information content (AvgIpc) is 3.50. The number of piperidine rings is 1. The quantitative estimate of drug-likeness (QED) is 0.378. The van der Waals surface area contributed by atoms with Crippen LogP contribution < -0.4 is 5.32 Å². The first-order valence-electron chi connectivity index (χ1n) is 13.0. The van der Waals surface area contributed by atoms with Crippen LogP contribution >= 0.6 is 0 Å². The Labute approximate surface area is 218 Å². The summed E-state index contributed by atoms with van der Waals surface area (Å²) in [5.41, 5.74) is 2.49. The van der Waals surface area contributed by atoms with Gasteiger partial charge in [0.15, 0.2) is 0 Å². The highest BCUT2D eigenvalue weighted by atomic mass is 16.2. The predicted octanol–water partition coefficient (Wildman–Crippen LogP) is 4.03. The first kappa shape index (κ1) is 24.8. The fourth-order valence-electron chi connectivity index (χ4n) is 5.59. The third-order valence-electron chi connectivity index (χ3n) is 7.61. The van der Waals surface area contributed by atoms with E-state index < -0.39 is 5.54 Å². The molecule has 5 rings (SSSR count). The molecule has 2 fully saturated rings. The minimum Gasteiger partial charge on any atom is -0.323 e. The molecule has 0 aliphatic carbocycles. The molecule has 2 aliphatic rings. The fraction of sp³-hybridized carbons (Fsp3) is 0.367. The topological polar surface area (TPSA) is 70.5 Å². The summed E-state index contributed by atoms with van der Waals surface area (Å²) in [5, 5.41) is 7.67.